The minimum Gasteiger partial charge on any atom is -0.339 e. The molecule has 1 aromatic rings. The lowest BCUT2D eigenvalue weighted by atomic mass is 10.2. The number of carbonyl (C=O) groups excluding carboxylic acids is 2. The molecule has 4 heteroatoms. The average Bonchev–Trinajstić information content (AvgIpc) is 2.32. The van der Waals surface area contributed by atoms with E-state index in [0.717, 1.165) is 18.0 Å². The molecule has 1 amide bonds. The number of carbonyl (C=O) groups is 2. The standard InChI is InChI=1S/C10H11NO2S.C2H6/c1-11(2)10(13)14-9-6-4-3-5-8(9)7-12;1-2/h3-7H,1-2H3;1-2H3. The number of thioether (sulfide) groups is 1. The van der Waals surface area contributed by atoms with Crippen LogP contribution in [0, 0.1) is 0 Å². The summed E-state index contributed by atoms with van der Waals surface area (Å²) in [5.74, 6) is 0. The van der Waals surface area contributed by atoms with Crippen molar-refractivity contribution in [3.63, 3.8) is 0 Å². The van der Waals surface area contributed by atoms with Crippen molar-refractivity contribution < 1.29 is 9.59 Å². The van der Waals surface area contributed by atoms with Gasteiger partial charge in [0.15, 0.2) is 6.29 Å². The van der Waals surface area contributed by atoms with Crippen LogP contribution in [0.5, 0.6) is 0 Å². The summed E-state index contributed by atoms with van der Waals surface area (Å²) in [7, 11) is 3.36. The maximum absolute atomic E-state index is 11.4. The first kappa shape index (κ1) is 14.7. The molecule has 88 valence electrons. The first-order valence-corrected chi connectivity index (χ1v) is 5.90. The van der Waals surface area contributed by atoms with Gasteiger partial charge < -0.3 is 4.90 Å². The molecule has 1 rings (SSSR count). The van der Waals surface area contributed by atoms with E-state index < -0.39 is 0 Å². The maximum Gasteiger partial charge on any atom is 0.285 e. The van der Waals surface area contributed by atoms with Gasteiger partial charge in [0.2, 0.25) is 0 Å². The van der Waals surface area contributed by atoms with Crippen LogP contribution in [0.1, 0.15) is 24.2 Å². The number of rotatable bonds is 2. The van der Waals surface area contributed by atoms with Crippen molar-refractivity contribution in [2.45, 2.75) is 18.7 Å². The van der Waals surface area contributed by atoms with Crippen molar-refractivity contribution in [2.75, 3.05) is 14.1 Å². The highest BCUT2D eigenvalue weighted by molar-refractivity contribution is 8.13. The third-order valence-electron chi connectivity index (χ3n) is 1.61. The largest absolute Gasteiger partial charge is 0.339 e. The Morgan fingerprint density at radius 2 is 1.81 bits per heavy atom. The summed E-state index contributed by atoms with van der Waals surface area (Å²) < 4.78 is 0. The molecule has 0 saturated carbocycles. The molecule has 0 aliphatic heterocycles. The van der Waals surface area contributed by atoms with Crippen LogP contribution in [0.2, 0.25) is 0 Å². The van der Waals surface area contributed by atoms with E-state index >= 15 is 0 Å². The van der Waals surface area contributed by atoms with Crippen LogP contribution in [-0.2, 0) is 0 Å². The van der Waals surface area contributed by atoms with Crippen LogP contribution >= 0.6 is 11.8 Å². The SMILES string of the molecule is CC.CN(C)C(=O)Sc1ccccc1C=O. The molecule has 0 aromatic heterocycles. The Hall–Kier alpha value is -1.29. The normalized spacial score (nSPS) is 8.75. The second-order valence-corrected chi connectivity index (χ2v) is 3.91. The molecule has 0 heterocycles. The van der Waals surface area contributed by atoms with Gasteiger partial charge in [0.05, 0.1) is 0 Å². The first-order chi connectivity index (χ1) is 7.65. The van der Waals surface area contributed by atoms with E-state index in [2.05, 4.69) is 0 Å². The Morgan fingerprint density at radius 1 is 1.25 bits per heavy atom. The van der Waals surface area contributed by atoms with Crippen LogP contribution in [0.3, 0.4) is 0 Å². The Kier molecular flexibility index (Phi) is 7.29. The summed E-state index contributed by atoms with van der Waals surface area (Å²) in [6, 6.07) is 7.03. The summed E-state index contributed by atoms with van der Waals surface area (Å²) in [5.41, 5.74) is 0.549. The number of aldehydes is 1. The number of nitrogens with zero attached hydrogens (tertiary/aromatic N) is 1. The van der Waals surface area contributed by atoms with Crippen LogP contribution in [0.4, 0.5) is 4.79 Å². The summed E-state index contributed by atoms with van der Waals surface area (Å²) >= 11 is 1.06. The molecule has 0 aliphatic rings. The molecular formula is C12H17NO2S. The predicted molar refractivity (Wildman–Crippen MR) is 68.1 cm³/mol. The van der Waals surface area contributed by atoms with E-state index in [-0.39, 0.29) is 5.24 Å². The Balaban J connectivity index is 0.00000106. The Labute approximate surface area is 101 Å². The lowest BCUT2D eigenvalue weighted by molar-refractivity contribution is 0.112. The van der Waals surface area contributed by atoms with Crippen LogP contribution in [0.25, 0.3) is 0 Å². The molecule has 0 bridgehead atoms. The van der Waals surface area contributed by atoms with Crippen LogP contribution in [-0.4, -0.2) is 30.5 Å². The third kappa shape index (κ3) is 4.49. The average molecular weight is 239 g/mol. The molecule has 16 heavy (non-hydrogen) atoms. The zero-order chi connectivity index (χ0) is 12.6. The summed E-state index contributed by atoms with van der Waals surface area (Å²) in [4.78, 5) is 24.2. The van der Waals surface area contributed by atoms with Gasteiger partial charge in [-0.1, -0.05) is 32.0 Å². The van der Waals surface area contributed by atoms with Crippen molar-refractivity contribution in [3.8, 4) is 0 Å². The Bertz CT molecular complexity index is 351. The van der Waals surface area contributed by atoms with E-state index in [0.29, 0.717) is 10.5 Å². The molecule has 0 radical (unpaired) electrons. The van der Waals surface area contributed by atoms with Crippen molar-refractivity contribution in [3.05, 3.63) is 29.8 Å². The molecule has 0 aliphatic carbocycles. The van der Waals surface area contributed by atoms with Gasteiger partial charge in [0, 0.05) is 24.6 Å². The zero-order valence-corrected chi connectivity index (χ0v) is 10.9. The van der Waals surface area contributed by atoms with E-state index in [1.807, 2.05) is 13.8 Å². The van der Waals surface area contributed by atoms with Crippen molar-refractivity contribution in [1.82, 2.24) is 4.90 Å². The van der Waals surface area contributed by atoms with E-state index in [1.54, 1.807) is 38.4 Å². The van der Waals surface area contributed by atoms with Crippen LogP contribution in [0.15, 0.2) is 29.2 Å². The molecule has 0 atom stereocenters. The predicted octanol–water partition coefficient (Wildman–Crippen LogP) is 3.30. The van der Waals surface area contributed by atoms with Crippen molar-refractivity contribution in [2.24, 2.45) is 0 Å². The lowest BCUT2D eigenvalue weighted by Gasteiger charge is -2.09. The molecule has 3 nitrogen and oxygen atoms in total. The third-order valence-corrected chi connectivity index (χ3v) is 2.74. The van der Waals surface area contributed by atoms with Gasteiger partial charge in [-0.3, -0.25) is 9.59 Å². The molecular weight excluding hydrogens is 222 g/mol. The molecule has 0 unspecified atom stereocenters. The molecule has 0 saturated heterocycles. The van der Waals surface area contributed by atoms with Gasteiger partial charge in [-0.05, 0) is 17.8 Å². The zero-order valence-electron chi connectivity index (χ0n) is 10.1. The summed E-state index contributed by atoms with van der Waals surface area (Å²) in [5, 5.41) is -0.0840. The fraction of sp³-hybridized carbons (Fsp3) is 0.333. The second-order valence-electron chi connectivity index (χ2n) is 2.92. The number of benzene rings is 1. The fourth-order valence-corrected chi connectivity index (χ4v) is 1.61. The fourth-order valence-electron chi connectivity index (χ4n) is 0.856. The molecule has 0 fully saturated rings. The van der Waals surface area contributed by atoms with Crippen LogP contribution < -0.4 is 0 Å². The monoisotopic (exact) mass is 239 g/mol. The maximum atomic E-state index is 11.4. The van der Waals surface area contributed by atoms with Gasteiger partial charge in [0.25, 0.3) is 5.24 Å². The van der Waals surface area contributed by atoms with Crippen molar-refractivity contribution >= 4 is 23.3 Å². The van der Waals surface area contributed by atoms with Crippen molar-refractivity contribution in [1.29, 1.82) is 0 Å². The minimum absolute atomic E-state index is 0.0840. The molecule has 0 N–H and O–H groups in total. The highest BCUT2D eigenvalue weighted by Gasteiger charge is 2.09. The summed E-state index contributed by atoms with van der Waals surface area (Å²) in [6.07, 6.45) is 0.755. The van der Waals surface area contributed by atoms with Gasteiger partial charge in [-0.15, -0.1) is 0 Å². The summed E-state index contributed by atoms with van der Waals surface area (Å²) in [6.45, 7) is 4.00. The van der Waals surface area contributed by atoms with E-state index in [9.17, 15) is 9.59 Å². The second kappa shape index (κ2) is 7.93. The van der Waals surface area contributed by atoms with Gasteiger partial charge >= 0.3 is 0 Å². The topological polar surface area (TPSA) is 37.4 Å². The first-order valence-electron chi connectivity index (χ1n) is 5.08. The Morgan fingerprint density at radius 3 is 2.31 bits per heavy atom. The van der Waals surface area contributed by atoms with Gasteiger partial charge in [-0.2, -0.15) is 0 Å². The molecule has 1 aromatic carbocycles. The van der Waals surface area contributed by atoms with Gasteiger partial charge in [-0.25, -0.2) is 0 Å². The smallest absolute Gasteiger partial charge is 0.285 e. The molecule has 0 spiro atoms. The number of amides is 1. The minimum atomic E-state index is -0.0840. The van der Waals surface area contributed by atoms with Gasteiger partial charge in [0.1, 0.15) is 0 Å². The number of hydrogen-bond donors (Lipinski definition) is 0. The lowest BCUT2D eigenvalue weighted by Crippen LogP contribution is -2.16. The highest BCUT2D eigenvalue weighted by Crippen LogP contribution is 2.23. The van der Waals surface area contributed by atoms with E-state index in [1.165, 1.54) is 4.90 Å². The highest BCUT2D eigenvalue weighted by atomic mass is 32.2. The number of hydrogen-bond acceptors (Lipinski definition) is 3. The van der Waals surface area contributed by atoms with E-state index in [4.69, 9.17) is 0 Å². The quantitative estimate of drug-likeness (QED) is 0.587.